The van der Waals surface area contributed by atoms with Gasteiger partial charge in [0, 0.05) is 43.3 Å². The Hall–Kier alpha value is -2.63. The molecule has 1 fully saturated rings. The maximum Gasteiger partial charge on any atom is 0.236 e. The van der Waals surface area contributed by atoms with Gasteiger partial charge < -0.3 is 9.80 Å². The Labute approximate surface area is 182 Å². The Morgan fingerprint density at radius 1 is 0.867 bits per heavy atom. The van der Waals surface area contributed by atoms with Crippen molar-refractivity contribution in [3.8, 4) is 0 Å². The van der Waals surface area contributed by atoms with Crippen LogP contribution < -0.4 is 4.90 Å². The van der Waals surface area contributed by atoms with Gasteiger partial charge in [-0.05, 0) is 41.1 Å². The smallest absolute Gasteiger partial charge is 0.236 e. The first kappa shape index (κ1) is 19.3. The molecular weight excluding hydrogens is 390 g/mol. The van der Waals surface area contributed by atoms with Gasteiger partial charge in [-0.2, -0.15) is 0 Å². The SMILES string of the molecule is O=C(CN1CCc2sccc2C1c1ccccc1)N1CCN(c2ccccc2)CC1. The first-order chi connectivity index (χ1) is 14.8. The molecule has 5 heteroatoms. The second-order valence-corrected chi connectivity index (χ2v) is 9.04. The van der Waals surface area contributed by atoms with Crippen LogP contribution in [0.3, 0.4) is 0 Å². The van der Waals surface area contributed by atoms with Crippen LogP contribution in [0.4, 0.5) is 5.69 Å². The minimum absolute atomic E-state index is 0.177. The predicted molar refractivity (Wildman–Crippen MR) is 123 cm³/mol. The van der Waals surface area contributed by atoms with E-state index < -0.39 is 0 Å². The number of para-hydroxylation sites is 1. The highest BCUT2D eigenvalue weighted by Crippen LogP contribution is 2.37. The van der Waals surface area contributed by atoms with Gasteiger partial charge in [-0.15, -0.1) is 11.3 Å². The van der Waals surface area contributed by atoms with Crippen LogP contribution in [0.2, 0.25) is 0 Å². The van der Waals surface area contributed by atoms with E-state index in [1.54, 1.807) is 0 Å². The molecule has 4 nitrogen and oxygen atoms in total. The number of piperazine rings is 1. The van der Waals surface area contributed by atoms with E-state index in [9.17, 15) is 4.79 Å². The van der Waals surface area contributed by atoms with Crippen LogP contribution in [0.15, 0.2) is 72.1 Å². The number of hydrogen-bond acceptors (Lipinski definition) is 4. The lowest BCUT2D eigenvalue weighted by molar-refractivity contribution is -0.133. The monoisotopic (exact) mass is 417 g/mol. The minimum atomic E-state index is 0.177. The zero-order valence-electron chi connectivity index (χ0n) is 17.1. The Morgan fingerprint density at radius 3 is 2.30 bits per heavy atom. The molecule has 3 heterocycles. The number of rotatable bonds is 4. The van der Waals surface area contributed by atoms with Crippen molar-refractivity contribution in [3.05, 3.63) is 88.1 Å². The maximum atomic E-state index is 13.2. The van der Waals surface area contributed by atoms with E-state index in [1.807, 2.05) is 22.3 Å². The van der Waals surface area contributed by atoms with Gasteiger partial charge in [0.05, 0.1) is 12.6 Å². The zero-order valence-corrected chi connectivity index (χ0v) is 17.9. The fourth-order valence-electron chi connectivity index (χ4n) is 4.69. The van der Waals surface area contributed by atoms with Gasteiger partial charge in [0.25, 0.3) is 0 Å². The summed E-state index contributed by atoms with van der Waals surface area (Å²) in [4.78, 5) is 21.5. The zero-order chi connectivity index (χ0) is 20.3. The van der Waals surface area contributed by atoms with Crippen molar-refractivity contribution >= 4 is 22.9 Å². The summed E-state index contributed by atoms with van der Waals surface area (Å²) in [7, 11) is 0. The molecule has 3 aromatic rings. The van der Waals surface area contributed by atoms with E-state index in [4.69, 9.17) is 0 Å². The molecule has 1 unspecified atom stereocenters. The molecule has 1 saturated heterocycles. The van der Waals surface area contributed by atoms with E-state index >= 15 is 0 Å². The Morgan fingerprint density at radius 2 is 1.57 bits per heavy atom. The Kier molecular flexibility index (Phi) is 5.56. The molecule has 0 N–H and O–H groups in total. The number of hydrogen-bond donors (Lipinski definition) is 0. The second kappa shape index (κ2) is 8.62. The van der Waals surface area contributed by atoms with Crippen molar-refractivity contribution in [2.45, 2.75) is 12.5 Å². The van der Waals surface area contributed by atoms with Gasteiger partial charge in [0.15, 0.2) is 0 Å². The number of nitrogens with zero attached hydrogens (tertiary/aromatic N) is 3. The molecule has 1 aromatic heterocycles. The van der Waals surface area contributed by atoms with Gasteiger partial charge in [0.2, 0.25) is 5.91 Å². The largest absolute Gasteiger partial charge is 0.368 e. The molecule has 1 amide bonds. The average molecular weight is 418 g/mol. The summed E-state index contributed by atoms with van der Waals surface area (Å²) in [5.74, 6) is 0.252. The molecular formula is C25H27N3OS. The first-order valence-electron chi connectivity index (χ1n) is 10.7. The normalized spacial score (nSPS) is 19.5. The number of thiophene rings is 1. The summed E-state index contributed by atoms with van der Waals surface area (Å²) in [6.45, 7) is 4.80. The summed E-state index contributed by atoms with van der Waals surface area (Å²) in [6.07, 6.45) is 1.03. The van der Waals surface area contributed by atoms with Gasteiger partial charge in [-0.1, -0.05) is 48.5 Å². The lowest BCUT2D eigenvalue weighted by Crippen LogP contribution is -2.52. The topological polar surface area (TPSA) is 26.8 Å². The number of amides is 1. The Balaban J connectivity index is 1.27. The summed E-state index contributed by atoms with van der Waals surface area (Å²) in [5, 5.41) is 2.19. The number of benzene rings is 2. The van der Waals surface area contributed by atoms with Crippen LogP contribution in [0, 0.1) is 0 Å². The summed E-state index contributed by atoms with van der Waals surface area (Å²) < 4.78 is 0. The first-order valence-corrected chi connectivity index (χ1v) is 11.6. The molecule has 0 bridgehead atoms. The standard InChI is InChI=1S/C25H27N3OS/c29-24(27-16-14-26(15-17-27)21-9-5-2-6-10-21)19-28-13-11-23-22(12-18-30-23)25(28)20-7-3-1-4-8-20/h1-10,12,18,25H,11,13-17,19H2. The maximum absolute atomic E-state index is 13.2. The van der Waals surface area contributed by atoms with E-state index in [0.717, 1.165) is 39.1 Å². The van der Waals surface area contributed by atoms with Crippen molar-refractivity contribution in [1.29, 1.82) is 0 Å². The minimum Gasteiger partial charge on any atom is -0.368 e. The number of anilines is 1. The highest BCUT2D eigenvalue weighted by Gasteiger charge is 2.32. The molecule has 154 valence electrons. The number of carbonyl (C=O) groups excluding carboxylic acids is 1. The lowest BCUT2D eigenvalue weighted by Gasteiger charge is -2.39. The van der Waals surface area contributed by atoms with Crippen LogP contribution in [-0.2, 0) is 11.2 Å². The third kappa shape index (κ3) is 3.87. The average Bonchev–Trinajstić information content (AvgIpc) is 3.29. The van der Waals surface area contributed by atoms with E-state index in [-0.39, 0.29) is 11.9 Å². The van der Waals surface area contributed by atoms with E-state index in [1.165, 1.54) is 21.7 Å². The number of fused-ring (bicyclic) bond motifs is 1. The van der Waals surface area contributed by atoms with Crippen LogP contribution in [0.1, 0.15) is 22.0 Å². The molecule has 0 spiro atoms. The molecule has 30 heavy (non-hydrogen) atoms. The van der Waals surface area contributed by atoms with Crippen LogP contribution >= 0.6 is 11.3 Å². The lowest BCUT2D eigenvalue weighted by atomic mass is 9.93. The van der Waals surface area contributed by atoms with Crippen LogP contribution in [-0.4, -0.2) is 55.0 Å². The summed E-state index contributed by atoms with van der Waals surface area (Å²) >= 11 is 1.84. The van der Waals surface area contributed by atoms with Crippen molar-refractivity contribution in [2.24, 2.45) is 0 Å². The third-order valence-electron chi connectivity index (χ3n) is 6.27. The second-order valence-electron chi connectivity index (χ2n) is 8.04. The van der Waals surface area contributed by atoms with Crippen LogP contribution in [0.5, 0.6) is 0 Å². The van der Waals surface area contributed by atoms with E-state index in [2.05, 4.69) is 75.8 Å². The van der Waals surface area contributed by atoms with Gasteiger partial charge >= 0.3 is 0 Å². The molecule has 1 atom stereocenters. The molecule has 2 aromatic carbocycles. The summed E-state index contributed by atoms with van der Waals surface area (Å²) in [6, 6.07) is 23.5. The third-order valence-corrected chi connectivity index (χ3v) is 7.27. The molecule has 2 aliphatic heterocycles. The molecule has 2 aliphatic rings. The van der Waals surface area contributed by atoms with Crippen molar-refractivity contribution in [2.75, 3.05) is 44.2 Å². The Bertz CT molecular complexity index is 980. The molecule has 0 aliphatic carbocycles. The molecule has 0 radical (unpaired) electrons. The van der Waals surface area contributed by atoms with Crippen molar-refractivity contribution in [3.63, 3.8) is 0 Å². The quantitative estimate of drug-likeness (QED) is 0.641. The predicted octanol–water partition coefficient (Wildman–Crippen LogP) is 4.04. The van der Waals surface area contributed by atoms with Gasteiger partial charge in [-0.3, -0.25) is 9.69 Å². The number of carbonyl (C=O) groups is 1. The highest BCUT2D eigenvalue weighted by atomic mass is 32.1. The summed E-state index contributed by atoms with van der Waals surface area (Å²) in [5.41, 5.74) is 3.90. The van der Waals surface area contributed by atoms with Crippen molar-refractivity contribution in [1.82, 2.24) is 9.80 Å². The van der Waals surface area contributed by atoms with Gasteiger partial charge in [-0.25, -0.2) is 0 Å². The fourth-order valence-corrected chi connectivity index (χ4v) is 5.59. The molecule has 5 rings (SSSR count). The van der Waals surface area contributed by atoms with E-state index in [0.29, 0.717) is 6.54 Å². The van der Waals surface area contributed by atoms with Crippen molar-refractivity contribution < 1.29 is 4.79 Å². The van der Waals surface area contributed by atoms with Crippen LogP contribution in [0.25, 0.3) is 0 Å². The highest BCUT2D eigenvalue weighted by molar-refractivity contribution is 7.10. The molecule has 0 saturated carbocycles. The van der Waals surface area contributed by atoms with Gasteiger partial charge in [0.1, 0.15) is 0 Å². The fraction of sp³-hybridized carbons (Fsp3) is 0.320.